The van der Waals surface area contributed by atoms with Crippen molar-refractivity contribution in [3.05, 3.63) is 109 Å². The van der Waals surface area contributed by atoms with Crippen LogP contribution in [0, 0.1) is 0 Å². The van der Waals surface area contributed by atoms with Gasteiger partial charge >= 0.3 is 11.9 Å². The molecular formula is C45H70O5. The van der Waals surface area contributed by atoms with E-state index in [0.29, 0.717) is 12.8 Å². The van der Waals surface area contributed by atoms with Crippen LogP contribution >= 0.6 is 0 Å². The molecule has 5 nitrogen and oxygen atoms in total. The van der Waals surface area contributed by atoms with Crippen LogP contribution in [0.1, 0.15) is 142 Å². The molecule has 0 unspecified atom stereocenters. The molecule has 0 rings (SSSR count). The van der Waals surface area contributed by atoms with Crippen LogP contribution in [0.25, 0.3) is 0 Å². The second kappa shape index (κ2) is 40.0. The number of aliphatic hydroxyl groups excluding tert-OH is 1. The molecule has 0 heterocycles. The van der Waals surface area contributed by atoms with Crippen molar-refractivity contribution in [2.75, 3.05) is 13.2 Å². The number of allylic oxidation sites excluding steroid dienone is 18. The van der Waals surface area contributed by atoms with E-state index in [1.165, 1.54) is 44.9 Å². The van der Waals surface area contributed by atoms with Crippen LogP contribution in [0.5, 0.6) is 0 Å². The molecule has 0 aliphatic heterocycles. The van der Waals surface area contributed by atoms with Gasteiger partial charge in [-0.3, -0.25) is 9.59 Å². The average Bonchev–Trinajstić information content (AvgIpc) is 3.12. The molecule has 0 saturated carbocycles. The summed E-state index contributed by atoms with van der Waals surface area (Å²) in [7, 11) is 0. The molecule has 280 valence electrons. The van der Waals surface area contributed by atoms with Gasteiger partial charge in [0.2, 0.25) is 0 Å². The van der Waals surface area contributed by atoms with Crippen LogP contribution in [0.3, 0.4) is 0 Å². The van der Waals surface area contributed by atoms with E-state index < -0.39 is 6.10 Å². The Morgan fingerprint density at radius 2 is 0.900 bits per heavy atom. The van der Waals surface area contributed by atoms with Crippen molar-refractivity contribution in [3.63, 3.8) is 0 Å². The molecule has 1 atom stereocenters. The minimum atomic E-state index is -0.835. The van der Waals surface area contributed by atoms with E-state index in [1.54, 1.807) is 0 Å². The van der Waals surface area contributed by atoms with Gasteiger partial charge in [-0.2, -0.15) is 0 Å². The van der Waals surface area contributed by atoms with Crippen molar-refractivity contribution >= 4 is 11.9 Å². The third-order valence-corrected chi connectivity index (χ3v) is 7.56. The van der Waals surface area contributed by atoms with E-state index in [2.05, 4.69) is 111 Å². The van der Waals surface area contributed by atoms with Crippen LogP contribution in [0.4, 0.5) is 0 Å². The highest BCUT2D eigenvalue weighted by Crippen LogP contribution is 2.08. The van der Waals surface area contributed by atoms with Crippen LogP contribution in [-0.4, -0.2) is 36.4 Å². The summed E-state index contributed by atoms with van der Waals surface area (Å²) in [6.45, 7) is 3.88. The molecule has 0 amide bonds. The first-order valence-corrected chi connectivity index (χ1v) is 19.4. The van der Waals surface area contributed by atoms with E-state index in [0.717, 1.165) is 57.8 Å². The summed E-state index contributed by atoms with van der Waals surface area (Å²) in [5, 5.41) is 9.53. The van der Waals surface area contributed by atoms with E-state index >= 15 is 0 Å². The fraction of sp³-hybridized carbons (Fsp3) is 0.556. The van der Waals surface area contributed by atoms with E-state index in [4.69, 9.17) is 9.47 Å². The number of carbonyl (C=O) groups excluding carboxylic acids is 2. The smallest absolute Gasteiger partial charge is 0.306 e. The molecule has 0 saturated heterocycles. The summed E-state index contributed by atoms with van der Waals surface area (Å²) in [6, 6.07) is 0. The van der Waals surface area contributed by atoms with Gasteiger partial charge in [0.1, 0.15) is 6.61 Å². The summed E-state index contributed by atoms with van der Waals surface area (Å²) >= 11 is 0. The fourth-order valence-electron chi connectivity index (χ4n) is 4.65. The van der Waals surface area contributed by atoms with Crippen molar-refractivity contribution in [2.24, 2.45) is 0 Å². The Labute approximate surface area is 306 Å². The lowest BCUT2D eigenvalue weighted by Crippen LogP contribution is -2.28. The Bertz CT molecular complexity index is 1050. The molecule has 50 heavy (non-hydrogen) atoms. The predicted molar refractivity (Wildman–Crippen MR) is 214 cm³/mol. The van der Waals surface area contributed by atoms with Crippen molar-refractivity contribution in [1.29, 1.82) is 0 Å². The SMILES string of the molecule is CCC=CCC=CCC=CCC=CCC=CCC=CCCC(=O)OC[C@H](CO)OC(=O)CCCC=CCC=CCC=CCCCCCCCC. The van der Waals surface area contributed by atoms with Gasteiger partial charge in [-0.1, -0.05) is 155 Å². The topological polar surface area (TPSA) is 72.8 Å². The van der Waals surface area contributed by atoms with Crippen LogP contribution in [0.2, 0.25) is 0 Å². The minimum absolute atomic E-state index is 0.134. The number of hydrogen-bond donors (Lipinski definition) is 1. The third kappa shape index (κ3) is 37.4. The number of aliphatic hydroxyl groups is 1. The number of rotatable bonds is 33. The maximum absolute atomic E-state index is 12.1. The molecule has 0 aromatic rings. The Kier molecular flexibility index (Phi) is 37.2. The highest BCUT2D eigenvalue weighted by molar-refractivity contribution is 5.70. The Hall–Kier alpha value is -3.44. The summed E-state index contributed by atoms with van der Waals surface area (Å²) in [5.41, 5.74) is 0. The Balaban J connectivity index is 3.82. The third-order valence-electron chi connectivity index (χ3n) is 7.56. The van der Waals surface area contributed by atoms with Crippen LogP contribution in [-0.2, 0) is 19.1 Å². The van der Waals surface area contributed by atoms with Gasteiger partial charge in [0, 0.05) is 12.8 Å². The Morgan fingerprint density at radius 1 is 0.480 bits per heavy atom. The van der Waals surface area contributed by atoms with Gasteiger partial charge in [0.25, 0.3) is 0 Å². The van der Waals surface area contributed by atoms with Crippen molar-refractivity contribution < 1.29 is 24.2 Å². The lowest BCUT2D eigenvalue weighted by molar-refractivity contribution is -0.161. The minimum Gasteiger partial charge on any atom is -0.462 e. The van der Waals surface area contributed by atoms with Gasteiger partial charge in [-0.05, 0) is 83.5 Å². The highest BCUT2D eigenvalue weighted by atomic mass is 16.6. The van der Waals surface area contributed by atoms with Crippen molar-refractivity contribution in [3.8, 4) is 0 Å². The normalized spacial score (nSPS) is 13.4. The van der Waals surface area contributed by atoms with Crippen LogP contribution in [0.15, 0.2) is 109 Å². The summed E-state index contributed by atoms with van der Waals surface area (Å²) < 4.78 is 10.5. The number of hydrogen-bond acceptors (Lipinski definition) is 5. The maximum Gasteiger partial charge on any atom is 0.306 e. The number of ether oxygens (including phenoxy) is 2. The molecular weight excluding hydrogens is 620 g/mol. The number of carbonyl (C=O) groups is 2. The largest absolute Gasteiger partial charge is 0.462 e. The summed E-state index contributed by atoms with van der Waals surface area (Å²) in [5.74, 6) is -0.762. The van der Waals surface area contributed by atoms with Gasteiger partial charge in [0.05, 0.1) is 6.61 Å². The summed E-state index contributed by atoms with van der Waals surface area (Å²) in [6.07, 6.45) is 57.3. The van der Waals surface area contributed by atoms with E-state index in [1.807, 2.05) is 12.2 Å². The first-order valence-electron chi connectivity index (χ1n) is 19.4. The van der Waals surface area contributed by atoms with E-state index in [9.17, 15) is 14.7 Å². The molecule has 0 bridgehead atoms. The molecule has 1 N–H and O–H groups in total. The number of esters is 2. The van der Waals surface area contributed by atoms with Gasteiger partial charge in [0.15, 0.2) is 6.10 Å². The quantitative estimate of drug-likeness (QED) is 0.0421. The zero-order valence-electron chi connectivity index (χ0n) is 31.6. The number of unbranched alkanes of at least 4 members (excludes halogenated alkanes) is 7. The monoisotopic (exact) mass is 691 g/mol. The molecule has 0 fully saturated rings. The zero-order chi connectivity index (χ0) is 36.4. The molecule has 0 aliphatic carbocycles. The molecule has 0 radical (unpaired) electrons. The second-order valence-electron chi connectivity index (χ2n) is 12.3. The van der Waals surface area contributed by atoms with Gasteiger partial charge < -0.3 is 14.6 Å². The van der Waals surface area contributed by atoms with Crippen molar-refractivity contribution in [1.82, 2.24) is 0 Å². The lowest BCUT2D eigenvalue weighted by atomic mass is 10.1. The van der Waals surface area contributed by atoms with Crippen LogP contribution < -0.4 is 0 Å². The molecule has 0 aliphatic rings. The van der Waals surface area contributed by atoms with Crippen molar-refractivity contribution in [2.45, 2.75) is 148 Å². The highest BCUT2D eigenvalue weighted by Gasteiger charge is 2.15. The first kappa shape index (κ1) is 46.6. The predicted octanol–water partition coefficient (Wildman–Crippen LogP) is 12.3. The summed E-state index contributed by atoms with van der Waals surface area (Å²) in [4.78, 5) is 24.2. The molecule has 0 spiro atoms. The zero-order valence-corrected chi connectivity index (χ0v) is 31.6. The lowest BCUT2D eigenvalue weighted by Gasteiger charge is -2.15. The standard InChI is InChI=1S/C45H70O5/c1-3-5-7-9-11-13-15-17-19-21-22-24-25-27-29-31-33-35-37-39-44(47)49-42-43(41-46)50-45(48)40-38-36-34-32-30-28-26-23-20-18-16-14-12-10-8-6-4-2/h5,7,11,13,17-20,22,24,26-29,32-35,43,46H,3-4,6,8-10,12,14-16,21,23,25,30-31,36-42H2,1-2H3/t43-/m0/s1. The fourth-order valence-corrected chi connectivity index (χ4v) is 4.65. The van der Waals surface area contributed by atoms with E-state index in [-0.39, 0.29) is 38.0 Å². The molecule has 0 aromatic heterocycles. The average molecular weight is 691 g/mol. The first-order chi connectivity index (χ1) is 24.6. The van der Waals surface area contributed by atoms with Gasteiger partial charge in [-0.25, -0.2) is 0 Å². The molecule has 0 aromatic carbocycles. The Morgan fingerprint density at radius 3 is 1.38 bits per heavy atom. The maximum atomic E-state index is 12.1. The molecule has 5 heteroatoms. The van der Waals surface area contributed by atoms with Gasteiger partial charge in [-0.15, -0.1) is 0 Å². The second-order valence-corrected chi connectivity index (χ2v) is 12.3.